The summed E-state index contributed by atoms with van der Waals surface area (Å²) < 4.78 is 1.86. The summed E-state index contributed by atoms with van der Waals surface area (Å²) in [5, 5.41) is 11.2. The number of hydrogen-bond donors (Lipinski definition) is 2. The van der Waals surface area contributed by atoms with Crippen LogP contribution in [-0.4, -0.2) is 32.0 Å². The molecule has 0 saturated heterocycles. The van der Waals surface area contributed by atoms with E-state index in [9.17, 15) is 9.59 Å². The van der Waals surface area contributed by atoms with Gasteiger partial charge in [0.15, 0.2) is 11.0 Å². The lowest BCUT2D eigenvalue weighted by Gasteiger charge is -2.13. The van der Waals surface area contributed by atoms with E-state index >= 15 is 0 Å². The summed E-state index contributed by atoms with van der Waals surface area (Å²) in [6, 6.07) is 14.3. The molecule has 0 bridgehead atoms. The Kier molecular flexibility index (Phi) is 6.01. The van der Waals surface area contributed by atoms with E-state index < -0.39 is 17.2 Å². The van der Waals surface area contributed by atoms with Crippen molar-refractivity contribution < 1.29 is 9.59 Å². The molecule has 2 aromatic carbocycles. The lowest BCUT2D eigenvalue weighted by molar-refractivity contribution is -0.119. The number of imide groups is 1. The van der Waals surface area contributed by atoms with Crippen LogP contribution in [0.2, 0.25) is 5.02 Å². The Morgan fingerprint density at radius 3 is 2.36 bits per heavy atom. The van der Waals surface area contributed by atoms with Crippen LogP contribution in [0.3, 0.4) is 0 Å². The fourth-order valence-corrected chi connectivity index (χ4v) is 3.49. The van der Waals surface area contributed by atoms with Crippen molar-refractivity contribution in [2.45, 2.75) is 24.3 Å². The summed E-state index contributed by atoms with van der Waals surface area (Å²) in [5.74, 6) is 0.120. The summed E-state index contributed by atoms with van der Waals surface area (Å²) >= 11 is 7.18. The van der Waals surface area contributed by atoms with Crippen molar-refractivity contribution in [2.75, 3.05) is 0 Å². The molecule has 9 heteroatoms. The standard InChI is InChI=1S/C19H18ClN5O2S/c1-11-3-9-15(10-4-11)25-16(13-5-7-14(20)8-6-13)23-24-19(25)28-12(2)17(26)22-18(21)27/h3-10,12H,1-2H3,(H3,21,22,26,27)/t12-/m0/s1. The van der Waals surface area contributed by atoms with E-state index in [1.54, 1.807) is 19.1 Å². The van der Waals surface area contributed by atoms with Gasteiger partial charge in [0.1, 0.15) is 0 Å². The van der Waals surface area contributed by atoms with E-state index in [1.807, 2.05) is 47.9 Å². The molecule has 0 aliphatic heterocycles. The topological polar surface area (TPSA) is 103 Å². The zero-order chi connectivity index (χ0) is 20.3. The van der Waals surface area contributed by atoms with E-state index in [-0.39, 0.29) is 0 Å². The van der Waals surface area contributed by atoms with Gasteiger partial charge in [-0.15, -0.1) is 10.2 Å². The van der Waals surface area contributed by atoms with Crippen LogP contribution >= 0.6 is 23.4 Å². The number of primary amides is 1. The Hall–Kier alpha value is -2.84. The first-order valence-electron chi connectivity index (χ1n) is 8.40. The van der Waals surface area contributed by atoms with Gasteiger partial charge in [-0.3, -0.25) is 14.7 Å². The molecular formula is C19H18ClN5O2S. The quantitative estimate of drug-likeness (QED) is 0.620. The number of hydrogen-bond acceptors (Lipinski definition) is 5. The van der Waals surface area contributed by atoms with Crippen molar-refractivity contribution in [2.24, 2.45) is 5.73 Å². The van der Waals surface area contributed by atoms with Crippen molar-refractivity contribution in [3.8, 4) is 17.1 Å². The van der Waals surface area contributed by atoms with Gasteiger partial charge in [0.2, 0.25) is 5.91 Å². The predicted molar refractivity (Wildman–Crippen MR) is 110 cm³/mol. The number of halogens is 1. The minimum Gasteiger partial charge on any atom is -0.351 e. The monoisotopic (exact) mass is 415 g/mol. The number of nitrogens with one attached hydrogen (secondary N) is 1. The molecule has 0 aliphatic rings. The van der Waals surface area contributed by atoms with Gasteiger partial charge in [0.25, 0.3) is 0 Å². The number of nitrogens with zero attached hydrogens (tertiary/aromatic N) is 3. The molecule has 0 radical (unpaired) electrons. The van der Waals surface area contributed by atoms with Crippen molar-refractivity contribution in [1.82, 2.24) is 20.1 Å². The van der Waals surface area contributed by atoms with Crippen molar-refractivity contribution in [3.05, 3.63) is 59.1 Å². The fraction of sp³-hybridized carbons (Fsp3) is 0.158. The number of aryl methyl sites for hydroxylation is 1. The van der Waals surface area contributed by atoms with Crippen LogP contribution in [0.1, 0.15) is 12.5 Å². The molecular weight excluding hydrogens is 398 g/mol. The number of carbonyl (C=O) groups is 2. The summed E-state index contributed by atoms with van der Waals surface area (Å²) in [6.45, 7) is 3.67. The number of benzene rings is 2. The number of nitrogens with two attached hydrogens (primary N) is 1. The molecule has 28 heavy (non-hydrogen) atoms. The largest absolute Gasteiger partial charge is 0.351 e. The Bertz CT molecular complexity index is 1000. The molecule has 0 saturated carbocycles. The van der Waals surface area contributed by atoms with Gasteiger partial charge in [0.05, 0.1) is 5.25 Å². The minimum absolute atomic E-state index is 0.496. The molecule has 1 heterocycles. The van der Waals surface area contributed by atoms with Gasteiger partial charge < -0.3 is 5.73 Å². The number of urea groups is 1. The Balaban J connectivity index is 2.02. The number of thioether (sulfide) groups is 1. The molecule has 3 N–H and O–H groups in total. The van der Waals surface area contributed by atoms with Gasteiger partial charge in [-0.2, -0.15) is 0 Å². The molecule has 1 atom stereocenters. The second kappa shape index (κ2) is 8.45. The molecule has 3 rings (SSSR count). The van der Waals surface area contributed by atoms with E-state index in [2.05, 4.69) is 15.5 Å². The summed E-state index contributed by atoms with van der Waals surface area (Å²) in [4.78, 5) is 23.0. The molecule has 0 aliphatic carbocycles. The maximum Gasteiger partial charge on any atom is 0.318 e. The first-order valence-corrected chi connectivity index (χ1v) is 9.66. The van der Waals surface area contributed by atoms with Crippen LogP contribution < -0.4 is 11.1 Å². The van der Waals surface area contributed by atoms with Gasteiger partial charge in [-0.1, -0.05) is 41.1 Å². The second-order valence-electron chi connectivity index (χ2n) is 6.10. The number of rotatable bonds is 5. The van der Waals surface area contributed by atoms with Crippen LogP contribution in [0.5, 0.6) is 0 Å². The second-order valence-corrected chi connectivity index (χ2v) is 7.84. The Labute approximate surface area is 171 Å². The first-order chi connectivity index (χ1) is 13.3. The lowest BCUT2D eigenvalue weighted by atomic mass is 10.2. The summed E-state index contributed by atoms with van der Waals surface area (Å²) in [7, 11) is 0. The van der Waals surface area contributed by atoms with Crippen LogP contribution in [0.4, 0.5) is 4.79 Å². The molecule has 144 valence electrons. The van der Waals surface area contributed by atoms with Crippen LogP contribution in [-0.2, 0) is 4.79 Å². The molecule has 1 aromatic heterocycles. The average molecular weight is 416 g/mol. The van der Waals surface area contributed by atoms with Crippen molar-refractivity contribution in [1.29, 1.82) is 0 Å². The Morgan fingerprint density at radius 2 is 1.75 bits per heavy atom. The number of carbonyl (C=O) groups excluding carboxylic acids is 2. The zero-order valence-corrected chi connectivity index (χ0v) is 16.8. The lowest BCUT2D eigenvalue weighted by Crippen LogP contribution is -2.39. The van der Waals surface area contributed by atoms with Crippen LogP contribution in [0, 0.1) is 6.92 Å². The Morgan fingerprint density at radius 1 is 1.11 bits per heavy atom. The molecule has 3 aromatic rings. The van der Waals surface area contributed by atoms with Gasteiger partial charge in [-0.25, -0.2) is 4.79 Å². The maximum absolute atomic E-state index is 12.1. The average Bonchev–Trinajstić information content (AvgIpc) is 3.06. The molecule has 7 nitrogen and oxygen atoms in total. The first kappa shape index (κ1) is 19.9. The highest BCUT2D eigenvalue weighted by Crippen LogP contribution is 2.30. The highest BCUT2D eigenvalue weighted by Gasteiger charge is 2.22. The van der Waals surface area contributed by atoms with Crippen molar-refractivity contribution in [3.63, 3.8) is 0 Å². The summed E-state index contributed by atoms with van der Waals surface area (Å²) in [6.07, 6.45) is 0. The normalized spacial score (nSPS) is 11.8. The summed E-state index contributed by atoms with van der Waals surface area (Å²) in [5.41, 5.74) is 7.83. The van der Waals surface area contributed by atoms with E-state index in [4.69, 9.17) is 17.3 Å². The van der Waals surface area contributed by atoms with Crippen LogP contribution in [0.25, 0.3) is 17.1 Å². The van der Waals surface area contributed by atoms with Gasteiger partial charge in [-0.05, 0) is 50.2 Å². The van der Waals surface area contributed by atoms with E-state index in [0.717, 1.165) is 16.8 Å². The third kappa shape index (κ3) is 4.52. The van der Waals surface area contributed by atoms with E-state index in [0.29, 0.717) is 16.0 Å². The molecule has 0 unspecified atom stereocenters. The zero-order valence-electron chi connectivity index (χ0n) is 15.2. The highest BCUT2D eigenvalue weighted by molar-refractivity contribution is 8.00. The molecule has 0 fully saturated rings. The highest BCUT2D eigenvalue weighted by atomic mass is 35.5. The van der Waals surface area contributed by atoms with Gasteiger partial charge in [0, 0.05) is 16.3 Å². The smallest absolute Gasteiger partial charge is 0.318 e. The number of aromatic nitrogens is 3. The SMILES string of the molecule is Cc1ccc(-n2c(S[C@@H](C)C(=O)NC(N)=O)nnc2-c2ccc(Cl)cc2)cc1. The maximum atomic E-state index is 12.1. The molecule has 0 spiro atoms. The van der Waals surface area contributed by atoms with Gasteiger partial charge >= 0.3 is 6.03 Å². The minimum atomic E-state index is -0.890. The van der Waals surface area contributed by atoms with E-state index in [1.165, 1.54) is 11.8 Å². The number of amides is 3. The third-order valence-electron chi connectivity index (χ3n) is 3.93. The van der Waals surface area contributed by atoms with Crippen molar-refractivity contribution >= 4 is 35.3 Å². The predicted octanol–water partition coefficient (Wildman–Crippen LogP) is 3.57. The molecule has 3 amide bonds. The third-order valence-corrected chi connectivity index (χ3v) is 5.22. The van der Waals surface area contributed by atoms with Crippen LogP contribution in [0.15, 0.2) is 53.7 Å². The fourth-order valence-electron chi connectivity index (χ4n) is 2.49.